The van der Waals surface area contributed by atoms with Crippen molar-refractivity contribution in [2.45, 2.75) is 4.34 Å². The van der Waals surface area contributed by atoms with E-state index in [-0.39, 0.29) is 9.47 Å². The van der Waals surface area contributed by atoms with Crippen LogP contribution in [0.15, 0.2) is 4.34 Å². The van der Waals surface area contributed by atoms with Gasteiger partial charge < -0.3 is 15.4 Å². The van der Waals surface area contributed by atoms with Crippen molar-refractivity contribution in [3.63, 3.8) is 0 Å². The second kappa shape index (κ2) is 6.95. The van der Waals surface area contributed by atoms with Gasteiger partial charge in [-0.15, -0.1) is 10.2 Å². The van der Waals surface area contributed by atoms with E-state index in [2.05, 4.69) is 14.9 Å². The Kier molecular flexibility index (Phi) is 5.88. The fraction of sp³-hybridized carbons (Fsp3) is 0.750. The zero-order valence-corrected chi connectivity index (χ0v) is 11.9. The molecule has 3 N–H and O–H groups in total. The number of methoxy groups -OCH3 is 1. The van der Waals surface area contributed by atoms with E-state index in [0.717, 1.165) is 17.9 Å². The SMILES string of the molecule is COCCN(C)CCNS(=O)(=O)c1nnc(N)s1. The van der Waals surface area contributed by atoms with Gasteiger partial charge in [0.25, 0.3) is 10.0 Å². The summed E-state index contributed by atoms with van der Waals surface area (Å²) in [6, 6.07) is 0. The van der Waals surface area contributed by atoms with Crippen LogP contribution in [0.1, 0.15) is 0 Å². The van der Waals surface area contributed by atoms with Crippen molar-refractivity contribution in [2.24, 2.45) is 0 Å². The number of hydrogen-bond acceptors (Lipinski definition) is 8. The van der Waals surface area contributed by atoms with Gasteiger partial charge in [-0.3, -0.25) is 0 Å². The first kappa shape index (κ1) is 15.2. The number of nitrogens with two attached hydrogens (primary N) is 1. The van der Waals surface area contributed by atoms with Crippen LogP contribution >= 0.6 is 11.3 Å². The van der Waals surface area contributed by atoms with Crippen LogP contribution in [0.3, 0.4) is 0 Å². The van der Waals surface area contributed by atoms with Crippen LogP contribution < -0.4 is 10.5 Å². The van der Waals surface area contributed by atoms with Crippen LogP contribution in [0.25, 0.3) is 0 Å². The highest BCUT2D eigenvalue weighted by atomic mass is 32.2. The Morgan fingerprint density at radius 2 is 2.17 bits per heavy atom. The van der Waals surface area contributed by atoms with Crippen LogP contribution in [0, 0.1) is 0 Å². The molecule has 1 heterocycles. The maximum Gasteiger partial charge on any atom is 0.269 e. The largest absolute Gasteiger partial charge is 0.383 e. The summed E-state index contributed by atoms with van der Waals surface area (Å²) < 4.78 is 30.7. The minimum absolute atomic E-state index is 0.112. The van der Waals surface area contributed by atoms with Gasteiger partial charge in [-0.1, -0.05) is 11.3 Å². The number of hydrogen-bond donors (Lipinski definition) is 2. The first-order valence-corrected chi connectivity index (χ1v) is 7.52. The predicted octanol–water partition coefficient (Wildman–Crippen LogP) is -1.02. The van der Waals surface area contributed by atoms with E-state index in [1.807, 2.05) is 11.9 Å². The number of nitrogen functional groups attached to an aromatic ring is 1. The number of likely N-dealkylation sites (N-methyl/N-ethyl adjacent to an activating group) is 1. The molecule has 0 amide bonds. The number of nitrogens with zero attached hydrogens (tertiary/aromatic N) is 3. The molecule has 8 nitrogen and oxygen atoms in total. The molecule has 0 radical (unpaired) electrons. The molecule has 104 valence electrons. The van der Waals surface area contributed by atoms with Gasteiger partial charge in [-0.25, -0.2) is 13.1 Å². The average Bonchev–Trinajstić information content (AvgIpc) is 2.73. The monoisotopic (exact) mass is 295 g/mol. The Bertz CT molecular complexity index is 461. The first-order chi connectivity index (χ1) is 8.45. The summed E-state index contributed by atoms with van der Waals surface area (Å²) in [5.74, 6) is 0. The van der Waals surface area contributed by atoms with Crippen molar-refractivity contribution < 1.29 is 13.2 Å². The topological polar surface area (TPSA) is 110 Å². The minimum atomic E-state index is -3.60. The lowest BCUT2D eigenvalue weighted by Crippen LogP contribution is -2.34. The van der Waals surface area contributed by atoms with Crippen LogP contribution in [-0.2, 0) is 14.8 Å². The molecule has 18 heavy (non-hydrogen) atoms. The summed E-state index contributed by atoms with van der Waals surface area (Å²) in [4.78, 5) is 1.96. The normalized spacial score (nSPS) is 12.2. The Morgan fingerprint density at radius 1 is 1.44 bits per heavy atom. The Hall–Kier alpha value is -0.810. The second-order valence-electron chi connectivity index (χ2n) is 3.60. The van der Waals surface area contributed by atoms with E-state index in [0.29, 0.717) is 19.7 Å². The van der Waals surface area contributed by atoms with Crippen LogP contribution in [0.5, 0.6) is 0 Å². The fourth-order valence-corrected chi connectivity index (χ4v) is 2.97. The minimum Gasteiger partial charge on any atom is -0.383 e. The molecule has 0 atom stereocenters. The molecule has 0 aliphatic rings. The van der Waals surface area contributed by atoms with Gasteiger partial charge in [-0.2, -0.15) is 0 Å². The third kappa shape index (κ3) is 4.82. The van der Waals surface area contributed by atoms with Gasteiger partial charge in [0.05, 0.1) is 6.61 Å². The van der Waals surface area contributed by atoms with Gasteiger partial charge in [0.15, 0.2) is 0 Å². The van der Waals surface area contributed by atoms with E-state index in [1.54, 1.807) is 7.11 Å². The number of anilines is 1. The van der Waals surface area contributed by atoms with Gasteiger partial charge in [-0.05, 0) is 7.05 Å². The molecule has 1 aromatic rings. The smallest absolute Gasteiger partial charge is 0.269 e. The molecule has 0 unspecified atom stereocenters. The highest BCUT2D eigenvalue weighted by Gasteiger charge is 2.18. The van der Waals surface area contributed by atoms with E-state index in [1.165, 1.54) is 0 Å². The number of sulfonamides is 1. The highest BCUT2D eigenvalue weighted by Crippen LogP contribution is 2.15. The fourth-order valence-electron chi connectivity index (χ4n) is 1.12. The Labute approximate surface area is 110 Å². The maximum atomic E-state index is 11.7. The van der Waals surface area contributed by atoms with Crippen LogP contribution in [-0.4, -0.2) is 63.9 Å². The molecule has 0 fully saturated rings. The molecule has 1 rings (SSSR count). The molecule has 0 aliphatic heterocycles. The first-order valence-electron chi connectivity index (χ1n) is 5.22. The quantitative estimate of drug-likeness (QED) is 0.631. The summed E-state index contributed by atoms with van der Waals surface area (Å²) in [6.07, 6.45) is 0. The Morgan fingerprint density at radius 3 is 2.72 bits per heavy atom. The van der Waals surface area contributed by atoms with E-state index >= 15 is 0 Å². The predicted molar refractivity (Wildman–Crippen MR) is 68.9 cm³/mol. The molecule has 0 spiro atoms. The highest BCUT2D eigenvalue weighted by molar-refractivity contribution is 7.91. The summed E-state index contributed by atoms with van der Waals surface area (Å²) >= 11 is 0.839. The van der Waals surface area contributed by atoms with Crippen LogP contribution in [0.2, 0.25) is 0 Å². The number of ether oxygens (including phenoxy) is 1. The number of nitrogens with one attached hydrogen (secondary N) is 1. The third-order valence-corrected chi connectivity index (χ3v) is 4.70. The molecule has 0 aromatic carbocycles. The van der Waals surface area contributed by atoms with Crippen molar-refractivity contribution in [1.29, 1.82) is 0 Å². The van der Waals surface area contributed by atoms with Gasteiger partial charge >= 0.3 is 0 Å². The number of rotatable bonds is 8. The maximum absolute atomic E-state index is 11.7. The molecule has 10 heteroatoms. The average molecular weight is 295 g/mol. The van der Waals surface area contributed by atoms with Gasteiger partial charge in [0, 0.05) is 26.7 Å². The zero-order valence-electron chi connectivity index (χ0n) is 10.3. The van der Waals surface area contributed by atoms with E-state index in [9.17, 15) is 8.42 Å². The molecular weight excluding hydrogens is 278 g/mol. The standard InChI is InChI=1S/C8H17N5O3S2/c1-13(5-6-16-2)4-3-10-18(14,15)8-12-11-7(9)17-8/h10H,3-6H2,1-2H3,(H2,9,11). The summed E-state index contributed by atoms with van der Waals surface area (Å²) in [5.41, 5.74) is 5.34. The van der Waals surface area contributed by atoms with E-state index in [4.69, 9.17) is 10.5 Å². The molecular formula is C8H17N5O3S2. The lowest BCUT2D eigenvalue weighted by atomic mass is 10.5. The lowest BCUT2D eigenvalue weighted by Gasteiger charge is -2.15. The van der Waals surface area contributed by atoms with Crippen molar-refractivity contribution in [3.8, 4) is 0 Å². The molecule has 0 saturated heterocycles. The third-order valence-electron chi connectivity index (χ3n) is 2.11. The van der Waals surface area contributed by atoms with Crippen LogP contribution in [0.4, 0.5) is 5.13 Å². The van der Waals surface area contributed by atoms with Crippen molar-refractivity contribution in [1.82, 2.24) is 19.8 Å². The second-order valence-corrected chi connectivity index (χ2v) is 6.55. The zero-order chi connectivity index (χ0) is 13.6. The van der Waals surface area contributed by atoms with Gasteiger partial charge in [0.1, 0.15) is 0 Å². The molecule has 0 aliphatic carbocycles. The Balaban J connectivity index is 2.39. The van der Waals surface area contributed by atoms with Gasteiger partial charge in [0.2, 0.25) is 9.47 Å². The molecule has 0 saturated carbocycles. The molecule has 0 bridgehead atoms. The summed E-state index contributed by atoms with van der Waals surface area (Å²) in [5, 5.41) is 7.09. The van der Waals surface area contributed by atoms with Crippen molar-refractivity contribution >= 4 is 26.5 Å². The number of aromatic nitrogens is 2. The van der Waals surface area contributed by atoms with Crippen molar-refractivity contribution in [3.05, 3.63) is 0 Å². The summed E-state index contributed by atoms with van der Waals surface area (Å²) in [6.45, 7) is 2.22. The van der Waals surface area contributed by atoms with E-state index < -0.39 is 10.0 Å². The molecule has 1 aromatic heterocycles. The summed E-state index contributed by atoms with van der Waals surface area (Å²) in [7, 11) is -0.0920. The van der Waals surface area contributed by atoms with Crippen molar-refractivity contribution in [2.75, 3.05) is 46.1 Å². The lowest BCUT2D eigenvalue weighted by molar-refractivity contribution is 0.162.